The van der Waals surface area contributed by atoms with E-state index < -0.39 is 11.9 Å². The molecule has 166 valence electrons. The van der Waals surface area contributed by atoms with Gasteiger partial charge in [0.15, 0.2) is 0 Å². The third kappa shape index (κ3) is 5.88. The van der Waals surface area contributed by atoms with Crippen molar-refractivity contribution in [2.75, 3.05) is 52.3 Å². The minimum atomic E-state index is -0.519. The molecular weight excluding hydrogens is 420 g/mol. The standard InChI is InChI=1S/C22H27ClN4O4/c1-30-17-7-8-19(31-2)18(13-17)25-20(28)14-26-9-11-27(12-10-26)21(22(24)29)15-3-5-16(23)6-4-15/h3-8,13,21H,9-12,14H2,1-2H3,(H2,24,29)(H,25,28). The highest BCUT2D eigenvalue weighted by molar-refractivity contribution is 6.30. The zero-order valence-electron chi connectivity index (χ0n) is 17.6. The van der Waals surface area contributed by atoms with Crippen LogP contribution >= 0.6 is 11.6 Å². The number of carbonyl (C=O) groups is 2. The van der Waals surface area contributed by atoms with Crippen LogP contribution < -0.4 is 20.5 Å². The Bertz CT molecular complexity index is 914. The van der Waals surface area contributed by atoms with Crippen LogP contribution in [0.5, 0.6) is 11.5 Å². The Morgan fingerprint density at radius 1 is 1.06 bits per heavy atom. The monoisotopic (exact) mass is 446 g/mol. The SMILES string of the molecule is COc1ccc(OC)c(NC(=O)CN2CCN(C(C(N)=O)c3ccc(Cl)cc3)CC2)c1. The maximum atomic E-state index is 12.6. The molecule has 3 rings (SSSR count). The molecule has 2 aromatic carbocycles. The van der Waals surface area contributed by atoms with Gasteiger partial charge in [-0.05, 0) is 29.8 Å². The van der Waals surface area contributed by atoms with Gasteiger partial charge >= 0.3 is 0 Å². The second-order valence-electron chi connectivity index (χ2n) is 7.28. The maximum absolute atomic E-state index is 12.6. The number of ether oxygens (including phenoxy) is 2. The van der Waals surface area contributed by atoms with E-state index in [1.165, 1.54) is 0 Å². The molecule has 0 aliphatic carbocycles. The molecule has 0 spiro atoms. The molecule has 0 saturated carbocycles. The van der Waals surface area contributed by atoms with E-state index in [1.54, 1.807) is 44.6 Å². The minimum Gasteiger partial charge on any atom is -0.497 e. The van der Waals surface area contributed by atoms with Crippen molar-refractivity contribution in [2.45, 2.75) is 6.04 Å². The minimum absolute atomic E-state index is 0.149. The normalized spacial score (nSPS) is 15.8. The van der Waals surface area contributed by atoms with E-state index in [0.29, 0.717) is 48.4 Å². The third-order valence-corrected chi connectivity index (χ3v) is 5.53. The Hall–Kier alpha value is -2.81. The summed E-state index contributed by atoms with van der Waals surface area (Å²) in [6.45, 7) is 2.74. The Labute approximate surface area is 186 Å². The van der Waals surface area contributed by atoms with Gasteiger partial charge in [-0.25, -0.2) is 0 Å². The summed E-state index contributed by atoms with van der Waals surface area (Å²) >= 11 is 5.95. The van der Waals surface area contributed by atoms with E-state index in [1.807, 2.05) is 21.9 Å². The lowest BCUT2D eigenvalue weighted by Crippen LogP contribution is -2.51. The molecule has 2 amide bonds. The highest BCUT2D eigenvalue weighted by Crippen LogP contribution is 2.29. The molecular formula is C22H27ClN4O4. The van der Waals surface area contributed by atoms with Crippen LogP contribution in [0.3, 0.4) is 0 Å². The summed E-state index contributed by atoms with van der Waals surface area (Å²) in [4.78, 5) is 28.8. The van der Waals surface area contributed by atoms with E-state index in [4.69, 9.17) is 26.8 Å². The van der Waals surface area contributed by atoms with E-state index in [2.05, 4.69) is 5.32 Å². The summed E-state index contributed by atoms with van der Waals surface area (Å²) in [6, 6.07) is 11.9. The first kappa shape index (κ1) is 22.9. The summed E-state index contributed by atoms with van der Waals surface area (Å²) in [7, 11) is 3.11. The quantitative estimate of drug-likeness (QED) is 0.644. The Morgan fingerprint density at radius 3 is 2.32 bits per heavy atom. The fourth-order valence-electron chi connectivity index (χ4n) is 3.68. The number of methoxy groups -OCH3 is 2. The molecule has 0 aromatic heterocycles. The van der Waals surface area contributed by atoms with Crippen molar-refractivity contribution in [3.63, 3.8) is 0 Å². The van der Waals surface area contributed by atoms with E-state index in [0.717, 1.165) is 5.56 Å². The van der Waals surface area contributed by atoms with Crippen LogP contribution in [0.15, 0.2) is 42.5 Å². The molecule has 1 heterocycles. The number of nitrogens with one attached hydrogen (secondary N) is 1. The molecule has 31 heavy (non-hydrogen) atoms. The predicted molar refractivity (Wildman–Crippen MR) is 120 cm³/mol. The van der Waals surface area contributed by atoms with Gasteiger partial charge in [-0.15, -0.1) is 0 Å². The van der Waals surface area contributed by atoms with E-state index >= 15 is 0 Å². The molecule has 1 unspecified atom stereocenters. The maximum Gasteiger partial charge on any atom is 0.239 e. The van der Waals surface area contributed by atoms with Gasteiger partial charge in [-0.2, -0.15) is 0 Å². The Kier molecular flexibility index (Phi) is 7.73. The number of benzene rings is 2. The molecule has 0 radical (unpaired) electrons. The van der Waals surface area contributed by atoms with Crippen molar-refractivity contribution >= 4 is 29.1 Å². The van der Waals surface area contributed by atoms with Crippen molar-refractivity contribution in [1.29, 1.82) is 0 Å². The number of piperazine rings is 1. The summed E-state index contributed by atoms with van der Waals surface area (Å²) in [5.74, 6) is 0.637. The number of anilines is 1. The van der Waals surface area contributed by atoms with Gasteiger partial charge in [0.05, 0.1) is 26.5 Å². The number of rotatable bonds is 8. The molecule has 1 atom stereocenters. The molecule has 9 heteroatoms. The lowest BCUT2D eigenvalue weighted by molar-refractivity contribution is -0.125. The number of amides is 2. The lowest BCUT2D eigenvalue weighted by atomic mass is 10.0. The average molecular weight is 447 g/mol. The lowest BCUT2D eigenvalue weighted by Gasteiger charge is -2.38. The van der Waals surface area contributed by atoms with Crippen LogP contribution in [0, 0.1) is 0 Å². The van der Waals surface area contributed by atoms with Gasteiger partial charge < -0.3 is 20.5 Å². The molecule has 0 bridgehead atoms. The zero-order valence-corrected chi connectivity index (χ0v) is 18.4. The summed E-state index contributed by atoms with van der Waals surface area (Å²) in [6.07, 6.45) is 0. The number of carbonyl (C=O) groups excluding carboxylic acids is 2. The van der Waals surface area contributed by atoms with Crippen LogP contribution in [-0.2, 0) is 9.59 Å². The van der Waals surface area contributed by atoms with Crippen molar-refractivity contribution in [1.82, 2.24) is 9.80 Å². The molecule has 3 N–H and O–H groups in total. The van der Waals surface area contributed by atoms with Gasteiger partial charge in [0.1, 0.15) is 17.5 Å². The van der Waals surface area contributed by atoms with Crippen molar-refractivity contribution in [3.05, 3.63) is 53.1 Å². The van der Waals surface area contributed by atoms with Gasteiger partial charge in [0.2, 0.25) is 11.8 Å². The van der Waals surface area contributed by atoms with Crippen LogP contribution in [0.25, 0.3) is 0 Å². The van der Waals surface area contributed by atoms with Crippen LogP contribution in [0.2, 0.25) is 5.02 Å². The highest BCUT2D eigenvalue weighted by Gasteiger charge is 2.29. The summed E-state index contributed by atoms with van der Waals surface area (Å²) in [5, 5.41) is 3.49. The summed E-state index contributed by atoms with van der Waals surface area (Å²) in [5.41, 5.74) is 7.05. The third-order valence-electron chi connectivity index (χ3n) is 5.28. The van der Waals surface area contributed by atoms with Crippen LogP contribution in [0.4, 0.5) is 5.69 Å². The molecule has 2 aromatic rings. The number of hydrogen-bond acceptors (Lipinski definition) is 6. The van der Waals surface area contributed by atoms with Gasteiger partial charge in [0, 0.05) is 37.3 Å². The van der Waals surface area contributed by atoms with E-state index in [-0.39, 0.29) is 12.5 Å². The topological polar surface area (TPSA) is 97.1 Å². The average Bonchev–Trinajstić information content (AvgIpc) is 2.76. The first-order chi connectivity index (χ1) is 14.9. The number of primary amides is 1. The number of nitrogens with zero attached hydrogens (tertiary/aromatic N) is 2. The smallest absolute Gasteiger partial charge is 0.239 e. The fraction of sp³-hybridized carbons (Fsp3) is 0.364. The van der Waals surface area contributed by atoms with E-state index in [9.17, 15) is 9.59 Å². The van der Waals surface area contributed by atoms with Crippen molar-refractivity contribution in [3.8, 4) is 11.5 Å². The zero-order chi connectivity index (χ0) is 22.4. The molecule has 1 aliphatic rings. The van der Waals surface area contributed by atoms with Crippen molar-refractivity contribution in [2.24, 2.45) is 5.73 Å². The molecule has 8 nitrogen and oxygen atoms in total. The second-order valence-corrected chi connectivity index (χ2v) is 7.72. The van der Waals surface area contributed by atoms with Crippen molar-refractivity contribution < 1.29 is 19.1 Å². The van der Waals surface area contributed by atoms with Gasteiger partial charge in [0.25, 0.3) is 0 Å². The first-order valence-electron chi connectivity index (χ1n) is 9.94. The number of hydrogen-bond donors (Lipinski definition) is 2. The van der Waals surface area contributed by atoms with Crippen LogP contribution in [0.1, 0.15) is 11.6 Å². The van der Waals surface area contributed by atoms with Gasteiger partial charge in [-0.3, -0.25) is 19.4 Å². The molecule has 1 aliphatic heterocycles. The second kappa shape index (κ2) is 10.5. The van der Waals surface area contributed by atoms with Crippen LogP contribution in [-0.4, -0.2) is 68.6 Å². The fourth-order valence-corrected chi connectivity index (χ4v) is 3.81. The Balaban J connectivity index is 1.57. The highest BCUT2D eigenvalue weighted by atomic mass is 35.5. The largest absolute Gasteiger partial charge is 0.497 e. The number of nitrogens with two attached hydrogens (primary N) is 1. The summed E-state index contributed by atoms with van der Waals surface area (Å²) < 4.78 is 10.5. The Morgan fingerprint density at radius 2 is 1.74 bits per heavy atom. The molecule has 1 saturated heterocycles. The molecule has 1 fully saturated rings. The number of halogens is 1. The van der Waals surface area contributed by atoms with Gasteiger partial charge in [-0.1, -0.05) is 23.7 Å². The predicted octanol–water partition coefficient (Wildman–Crippen LogP) is 2.14. The first-order valence-corrected chi connectivity index (χ1v) is 10.3.